The molecule has 0 saturated carbocycles. The van der Waals surface area contributed by atoms with Crippen molar-refractivity contribution in [2.24, 2.45) is 0 Å². The molecule has 0 aliphatic carbocycles. The fourth-order valence-electron chi connectivity index (χ4n) is 2.31. The van der Waals surface area contributed by atoms with Gasteiger partial charge in [0, 0.05) is 0 Å². The van der Waals surface area contributed by atoms with Crippen LogP contribution in [0.5, 0.6) is 0 Å². The molecular formula is C22H26ClNPPt. The van der Waals surface area contributed by atoms with Crippen LogP contribution in [0.4, 0.5) is 0 Å². The molecule has 0 aliphatic rings. The maximum Gasteiger partial charge on any atom is 0.102 e. The maximum atomic E-state index is 4.61. The van der Waals surface area contributed by atoms with Gasteiger partial charge in [0.2, 0.25) is 0 Å². The van der Waals surface area contributed by atoms with Crippen molar-refractivity contribution in [2.45, 2.75) is 0 Å². The number of hydrogen-bond acceptors (Lipinski definition) is 1. The Bertz CT molecular complexity index is 599. The molecule has 26 heavy (non-hydrogen) atoms. The molecule has 0 amide bonds. The molecule has 3 aromatic rings. The van der Waals surface area contributed by atoms with Crippen molar-refractivity contribution in [3.63, 3.8) is 0 Å². The summed E-state index contributed by atoms with van der Waals surface area (Å²) in [6, 6.07) is 32.5. The van der Waals surface area contributed by atoms with Crippen molar-refractivity contribution in [1.82, 2.24) is 4.90 Å². The minimum Gasteiger partial charge on any atom is -0.0620 e. The topological polar surface area (TPSA) is 3.24 Å². The van der Waals surface area contributed by atoms with Gasteiger partial charge in [-0.05, 0) is 50.5 Å². The van der Waals surface area contributed by atoms with Crippen LogP contribution in [0.3, 0.4) is 0 Å². The normalized spacial score (nSPS) is 9.85. The standard InChI is InChI=1S/C18H15P.C4H10N.ClH.Pt/c1-4-10-16(11-5-1)19(17-12-6-2-7-13-17)18-14-8-3-9-15-18;1-4-5(2)3;;/h1-15H;1,4H2,2-3H3;1H;/q;-1;;+1. The third-order valence-corrected chi connectivity index (χ3v) is 6.37. The molecule has 3 aromatic carbocycles. The molecule has 141 valence electrons. The fourth-order valence-corrected chi connectivity index (χ4v) is 4.89. The van der Waals surface area contributed by atoms with E-state index in [2.05, 4.69) is 107 Å². The van der Waals surface area contributed by atoms with Gasteiger partial charge in [-0.15, -0.1) is 6.54 Å². The monoisotopic (exact) mass is 565 g/mol. The smallest absolute Gasteiger partial charge is 0.0620 e. The van der Waals surface area contributed by atoms with Crippen molar-refractivity contribution < 1.29 is 18.8 Å². The van der Waals surface area contributed by atoms with E-state index in [1.807, 2.05) is 19.0 Å². The molecule has 0 fully saturated rings. The zero-order valence-corrected chi connectivity index (χ0v) is 19.2. The van der Waals surface area contributed by atoms with Gasteiger partial charge in [-0.1, -0.05) is 54.6 Å². The summed E-state index contributed by atoms with van der Waals surface area (Å²) in [6.45, 7) is 4.50. The summed E-state index contributed by atoms with van der Waals surface area (Å²) >= 11 is 1.61. The molecule has 0 aliphatic heterocycles. The third kappa shape index (κ3) is 8.15. The number of halogens is 1. The molecule has 0 aromatic heterocycles. The van der Waals surface area contributed by atoms with Gasteiger partial charge in [0.15, 0.2) is 0 Å². The number of rotatable bonds is 4. The van der Waals surface area contributed by atoms with Gasteiger partial charge < -0.3 is 11.8 Å². The van der Waals surface area contributed by atoms with Crippen LogP contribution in [0.15, 0.2) is 91.0 Å². The first-order valence-corrected chi connectivity index (χ1v) is 12.6. The molecule has 0 spiro atoms. The van der Waals surface area contributed by atoms with Crippen LogP contribution in [0.1, 0.15) is 0 Å². The molecule has 0 saturated heterocycles. The zero-order chi connectivity index (χ0) is 19.2. The first kappa shape index (κ1) is 23.1. The Balaban J connectivity index is 0.000000420. The quantitative estimate of drug-likeness (QED) is 0.338. The van der Waals surface area contributed by atoms with E-state index in [1.165, 1.54) is 15.9 Å². The van der Waals surface area contributed by atoms with Gasteiger partial charge in [-0.3, -0.25) is 0 Å². The molecule has 0 radical (unpaired) electrons. The van der Waals surface area contributed by atoms with Crippen LogP contribution in [-0.4, -0.2) is 25.5 Å². The van der Waals surface area contributed by atoms with Crippen molar-refractivity contribution in [2.75, 3.05) is 20.6 Å². The summed E-state index contributed by atoms with van der Waals surface area (Å²) in [5.74, 6) is 0. The van der Waals surface area contributed by atoms with E-state index in [1.54, 1.807) is 18.8 Å². The van der Waals surface area contributed by atoms with E-state index < -0.39 is 7.92 Å². The van der Waals surface area contributed by atoms with Crippen molar-refractivity contribution in [3.05, 3.63) is 97.9 Å². The molecule has 1 nitrogen and oxygen atoms in total. The van der Waals surface area contributed by atoms with Gasteiger partial charge in [-0.2, -0.15) is 0 Å². The third-order valence-electron chi connectivity index (χ3n) is 3.63. The summed E-state index contributed by atoms with van der Waals surface area (Å²) in [6.07, 6.45) is 0. The van der Waals surface area contributed by atoms with E-state index in [4.69, 9.17) is 0 Å². The molecule has 0 bridgehead atoms. The fraction of sp³-hybridized carbons (Fsp3) is 0.136. The van der Waals surface area contributed by atoms with Crippen LogP contribution in [-0.2, 0) is 18.8 Å². The average Bonchev–Trinajstić information content (AvgIpc) is 2.72. The molecule has 0 atom stereocenters. The van der Waals surface area contributed by atoms with Crippen molar-refractivity contribution in [1.29, 1.82) is 0 Å². The Kier molecular flexibility index (Phi) is 12.5. The number of nitrogens with zero attached hydrogens (tertiary/aromatic N) is 1. The summed E-state index contributed by atoms with van der Waals surface area (Å²) in [5.41, 5.74) is 0. The Morgan fingerprint density at radius 1 is 0.692 bits per heavy atom. The minimum absolute atomic E-state index is 0.877. The summed E-state index contributed by atoms with van der Waals surface area (Å²) in [5, 5.41) is 4.31. The van der Waals surface area contributed by atoms with Crippen LogP contribution in [0.2, 0.25) is 0 Å². The van der Waals surface area contributed by atoms with E-state index in [-0.39, 0.29) is 0 Å². The first-order chi connectivity index (χ1) is 12.7. The molecular weight excluding hydrogens is 540 g/mol. The minimum atomic E-state index is -0.877. The molecule has 3 rings (SSSR count). The largest absolute Gasteiger partial charge is 0.102 e. The molecule has 4 heteroatoms. The van der Waals surface area contributed by atoms with Crippen LogP contribution in [0.25, 0.3) is 0 Å². The van der Waals surface area contributed by atoms with Crippen molar-refractivity contribution in [3.8, 4) is 0 Å². The molecule has 0 N–H and O–H groups in total. The van der Waals surface area contributed by atoms with E-state index in [9.17, 15) is 0 Å². The summed E-state index contributed by atoms with van der Waals surface area (Å²) < 4.78 is 0. The van der Waals surface area contributed by atoms with Gasteiger partial charge in [0.05, 0.1) is 7.92 Å². The van der Waals surface area contributed by atoms with Gasteiger partial charge in [0.25, 0.3) is 0 Å². The SMILES string of the molecule is [CH2-]CN(C)C.[Cl][Pt].c1ccc([PH+](c2ccccc2)c2ccccc2)cc1. The van der Waals surface area contributed by atoms with Crippen LogP contribution < -0.4 is 15.9 Å². The van der Waals surface area contributed by atoms with E-state index in [0.29, 0.717) is 0 Å². The first-order valence-electron chi connectivity index (χ1n) is 8.31. The second kappa shape index (κ2) is 14.1. The Morgan fingerprint density at radius 2 is 0.923 bits per heavy atom. The maximum absolute atomic E-state index is 4.61. The summed E-state index contributed by atoms with van der Waals surface area (Å²) in [7, 11) is 7.72. The van der Waals surface area contributed by atoms with E-state index >= 15 is 0 Å². The Morgan fingerprint density at radius 3 is 1.12 bits per heavy atom. The van der Waals surface area contributed by atoms with Crippen LogP contribution in [0, 0.1) is 6.92 Å². The van der Waals surface area contributed by atoms with E-state index in [0.717, 1.165) is 6.54 Å². The molecule has 0 unspecified atom stereocenters. The zero-order valence-electron chi connectivity index (χ0n) is 15.2. The van der Waals surface area contributed by atoms with Gasteiger partial charge >= 0.3 is 28.2 Å². The second-order valence-electron chi connectivity index (χ2n) is 5.78. The van der Waals surface area contributed by atoms with Crippen LogP contribution >= 0.6 is 17.3 Å². The predicted octanol–water partition coefficient (Wildman–Crippen LogP) is 4.25. The Labute approximate surface area is 175 Å². The van der Waals surface area contributed by atoms with Gasteiger partial charge in [-0.25, -0.2) is 0 Å². The van der Waals surface area contributed by atoms with Crippen molar-refractivity contribution >= 4 is 33.3 Å². The average molecular weight is 566 g/mol. The van der Waals surface area contributed by atoms with Gasteiger partial charge in [0.1, 0.15) is 15.9 Å². The number of hydrogen-bond donors (Lipinski definition) is 0. The number of benzene rings is 3. The molecule has 0 heterocycles. The predicted molar refractivity (Wildman–Crippen MR) is 116 cm³/mol. The second-order valence-corrected chi connectivity index (χ2v) is 8.26. The summed E-state index contributed by atoms with van der Waals surface area (Å²) in [4.78, 5) is 2.01. The Hall–Kier alpha value is -0.972.